The Morgan fingerprint density at radius 1 is 0.667 bits per heavy atom. The summed E-state index contributed by atoms with van der Waals surface area (Å²) in [5.41, 5.74) is 0.882. The monoisotopic (exact) mass is 422 g/mol. The van der Waals surface area contributed by atoms with E-state index in [1.807, 2.05) is 66.8 Å². The molecule has 0 spiro atoms. The van der Waals surface area contributed by atoms with Gasteiger partial charge in [0.25, 0.3) is 0 Å². The number of hydrogen-bond acceptors (Lipinski definition) is 4. The second-order valence-corrected chi connectivity index (χ2v) is 8.00. The summed E-state index contributed by atoms with van der Waals surface area (Å²) < 4.78 is 0. The predicted octanol–water partition coefficient (Wildman–Crippen LogP) is 7.01. The van der Waals surface area contributed by atoms with Crippen molar-refractivity contribution in [3.8, 4) is 0 Å². The number of nitrogens with zero attached hydrogens (tertiary/aromatic N) is 3. The third kappa shape index (κ3) is 8.11. The van der Waals surface area contributed by atoms with Crippen molar-refractivity contribution in [2.24, 2.45) is 0 Å². The SMILES string of the molecule is Clc1nc(NC2CCCCCCCCC2)nc(C2=C\C=C/C=C\C=C/C=C\C=C2)n1. The highest BCUT2D eigenvalue weighted by Crippen LogP contribution is 2.21. The summed E-state index contributed by atoms with van der Waals surface area (Å²) in [6, 6.07) is 0.384. The molecule has 0 amide bonds. The molecule has 0 bridgehead atoms. The largest absolute Gasteiger partial charge is 0.351 e. The van der Waals surface area contributed by atoms with Crippen molar-refractivity contribution in [1.82, 2.24) is 15.0 Å². The Hall–Kier alpha value is -2.46. The molecule has 0 aliphatic heterocycles. The molecule has 2 aliphatic rings. The second kappa shape index (κ2) is 13.0. The Bertz CT molecular complexity index is 839. The molecule has 0 radical (unpaired) electrons. The molecule has 5 heteroatoms. The number of rotatable bonds is 3. The molecule has 1 aromatic heterocycles. The molecule has 4 nitrogen and oxygen atoms in total. The van der Waals surface area contributed by atoms with E-state index >= 15 is 0 Å². The van der Waals surface area contributed by atoms with Crippen LogP contribution in [0, 0.1) is 0 Å². The highest BCUT2D eigenvalue weighted by molar-refractivity contribution is 6.28. The number of halogens is 1. The van der Waals surface area contributed by atoms with Crippen LogP contribution in [0.15, 0.2) is 66.8 Å². The van der Waals surface area contributed by atoms with Crippen LogP contribution in [0.1, 0.15) is 63.6 Å². The molecule has 1 aromatic rings. The van der Waals surface area contributed by atoms with E-state index in [0.29, 0.717) is 17.8 Å². The third-order valence-electron chi connectivity index (χ3n) is 5.25. The van der Waals surface area contributed by atoms with E-state index in [1.165, 1.54) is 44.9 Å². The first-order valence-corrected chi connectivity index (χ1v) is 11.4. The van der Waals surface area contributed by atoms with Gasteiger partial charge in [-0.1, -0.05) is 112 Å². The summed E-state index contributed by atoms with van der Waals surface area (Å²) in [7, 11) is 0. The molecule has 1 fully saturated rings. The predicted molar refractivity (Wildman–Crippen MR) is 127 cm³/mol. The van der Waals surface area contributed by atoms with Crippen LogP contribution < -0.4 is 5.32 Å². The van der Waals surface area contributed by atoms with E-state index < -0.39 is 0 Å². The Kier molecular flexibility index (Phi) is 9.61. The molecule has 0 saturated heterocycles. The number of nitrogens with one attached hydrogen (secondary N) is 1. The van der Waals surface area contributed by atoms with E-state index in [9.17, 15) is 0 Å². The summed E-state index contributed by atoms with van der Waals surface area (Å²) in [6.07, 6.45) is 33.3. The molecule has 1 heterocycles. The Labute approximate surface area is 185 Å². The quantitative estimate of drug-likeness (QED) is 0.569. The zero-order chi connectivity index (χ0) is 20.9. The highest BCUT2D eigenvalue weighted by atomic mass is 35.5. The average Bonchev–Trinajstić information content (AvgIpc) is 2.73. The molecule has 0 atom stereocenters. The average molecular weight is 423 g/mol. The zero-order valence-corrected chi connectivity index (χ0v) is 18.3. The zero-order valence-electron chi connectivity index (χ0n) is 17.5. The molecule has 0 aromatic carbocycles. The molecular weight excluding hydrogens is 392 g/mol. The minimum atomic E-state index is 0.213. The molecule has 0 unspecified atom stereocenters. The molecular formula is C25H31ClN4. The third-order valence-corrected chi connectivity index (χ3v) is 5.41. The number of aromatic nitrogens is 3. The van der Waals surface area contributed by atoms with Gasteiger partial charge in [0.1, 0.15) is 0 Å². The Morgan fingerprint density at radius 2 is 1.23 bits per heavy atom. The van der Waals surface area contributed by atoms with Crippen LogP contribution in [0.3, 0.4) is 0 Å². The lowest BCUT2D eigenvalue weighted by Crippen LogP contribution is -2.22. The fourth-order valence-corrected chi connectivity index (χ4v) is 3.81. The Morgan fingerprint density at radius 3 is 1.90 bits per heavy atom. The maximum atomic E-state index is 6.27. The lowest BCUT2D eigenvalue weighted by atomic mass is 9.97. The van der Waals surface area contributed by atoms with Crippen molar-refractivity contribution in [1.29, 1.82) is 0 Å². The maximum Gasteiger partial charge on any atom is 0.227 e. The molecule has 158 valence electrons. The summed E-state index contributed by atoms with van der Waals surface area (Å²) in [5, 5.41) is 3.75. The molecule has 2 aliphatic carbocycles. The van der Waals surface area contributed by atoms with Crippen molar-refractivity contribution in [3.63, 3.8) is 0 Å². The number of hydrogen-bond donors (Lipinski definition) is 1. The van der Waals surface area contributed by atoms with Gasteiger partial charge < -0.3 is 5.32 Å². The minimum absolute atomic E-state index is 0.213. The van der Waals surface area contributed by atoms with Crippen LogP contribution in [0.2, 0.25) is 5.28 Å². The Balaban J connectivity index is 1.78. The molecule has 3 rings (SSSR count). The fraction of sp³-hybridized carbons (Fsp3) is 0.400. The maximum absolute atomic E-state index is 6.27. The smallest absolute Gasteiger partial charge is 0.227 e. The van der Waals surface area contributed by atoms with Crippen LogP contribution in [0.4, 0.5) is 5.95 Å². The topological polar surface area (TPSA) is 50.7 Å². The van der Waals surface area contributed by atoms with Gasteiger partial charge in [-0.15, -0.1) is 0 Å². The van der Waals surface area contributed by atoms with E-state index in [2.05, 4.69) is 20.3 Å². The highest BCUT2D eigenvalue weighted by Gasteiger charge is 2.14. The first-order chi connectivity index (χ1) is 14.8. The first-order valence-electron chi connectivity index (χ1n) is 11.0. The first kappa shape index (κ1) is 22.2. The van der Waals surface area contributed by atoms with Gasteiger partial charge in [0.2, 0.25) is 11.2 Å². The van der Waals surface area contributed by atoms with Gasteiger partial charge in [-0.05, 0) is 24.4 Å². The lowest BCUT2D eigenvalue weighted by molar-refractivity contribution is 0.475. The summed E-state index contributed by atoms with van der Waals surface area (Å²) in [5.74, 6) is 1.14. The fourth-order valence-electron chi connectivity index (χ4n) is 3.65. The van der Waals surface area contributed by atoms with E-state index in [1.54, 1.807) is 0 Å². The lowest BCUT2D eigenvalue weighted by Gasteiger charge is -2.20. The standard InChI is InChI=1S/C25H31ClN4/c26-24-28-23(21-17-13-9-5-2-1-3-6-10-14-18-21)29-25(30-24)27-22-19-15-11-7-4-8-12-16-20-22/h1-3,5-6,9-10,13-14,17-18,22H,4,7-8,11-12,15-16,19-20H2,(H,27,28,29,30)/b2-1-,3-1?,5-2?,6-3-,9-5-,10-6?,13-9?,14-10-,17-13?,18-14?,21-17?,21-18?. The van der Waals surface area contributed by atoms with Crippen molar-refractivity contribution in [3.05, 3.63) is 77.9 Å². The van der Waals surface area contributed by atoms with Crippen molar-refractivity contribution < 1.29 is 0 Å². The van der Waals surface area contributed by atoms with Gasteiger partial charge in [-0.3, -0.25) is 0 Å². The summed E-state index contributed by atoms with van der Waals surface area (Å²) >= 11 is 6.27. The van der Waals surface area contributed by atoms with Gasteiger partial charge >= 0.3 is 0 Å². The van der Waals surface area contributed by atoms with Crippen LogP contribution in [-0.4, -0.2) is 21.0 Å². The van der Waals surface area contributed by atoms with Crippen LogP contribution >= 0.6 is 11.6 Å². The van der Waals surface area contributed by atoms with Crippen molar-refractivity contribution in [2.45, 2.75) is 63.8 Å². The van der Waals surface area contributed by atoms with Crippen molar-refractivity contribution in [2.75, 3.05) is 5.32 Å². The second-order valence-electron chi connectivity index (χ2n) is 7.67. The van der Waals surface area contributed by atoms with Gasteiger partial charge in [0.05, 0.1) is 0 Å². The molecule has 1 N–H and O–H groups in total. The number of allylic oxidation sites excluding steroid dienone is 12. The van der Waals surface area contributed by atoms with Gasteiger partial charge in [-0.2, -0.15) is 15.0 Å². The van der Waals surface area contributed by atoms with E-state index in [4.69, 9.17) is 11.6 Å². The minimum Gasteiger partial charge on any atom is -0.351 e. The summed E-state index contributed by atoms with van der Waals surface area (Å²) in [4.78, 5) is 13.4. The van der Waals surface area contributed by atoms with Gasteiger partial charge in [0.15, 0.2) is 5.82 Å². The molecule has 30 heavy (non-hydrogen) atoms. The van der Waals surface area contributed by atoms with E-state index in [0.717, 1.165) is 18.4 Å². The van der Waals surface area contributed by atoms with E-state index in [-0.39, 0.29) is 5.28 Å². The summed E-state index contributed by atoms with van der Waals surface area (Å²) in [6.45, 7) is 0. The van der Waals surface area contributed by atoms with Crippen LogP contribution in [0.25, 0.3) is 5.57 Å². The van der Waals surface area contributed by atoms with Crippen LogP contribution in [-0.2, 0) is 0 Å². The number of anilines is 1. The molecule has 1 saturated carbocycles. The van der Waals surface area contributed by atoms with Gasteiger partial charge in [0, 0.05) is 11.6 Å². The van der Waals surface area contributed by atoms with Gasteiger partial charge in [-0.25, -0.2) is 0 Å². The van der Waals surface area contributed by atoms with Crippen molar-refractivity contribution >= 4 is 23.1 Å². The normalized spacial score (nSPS) is 23.3. The van der Waals surface area contributed by atoms with Crippen LogP contribution in [0.5, 0.6) is 0 Å².